The summed E-state index contributed by atoms with van der Waals surface area (Å²) in [6.07, 6.45) is -0.981. The molecule has 1 unspecified atom stereocenters. The van der Waals surface area contributed by atoms with Gasteiger partial charge in [0.2, 0.25) is 0 Å². The van der Waals surface area contributed by atoms with Crippen molar-refractivity contribution in [3.05, 3.63) is 0 Å². The summed E-state index contributed by atoms with van der Waals surface area (Å²) in [7, 11) is 0. The van der Waals surface area contributed by atoms with Gasteiger partial charge in [-0.2, -0.15) is 0 Å². The molecule has 27 heavy (non-hydrogen) atoms. The van der Waals surface area contributed by atoms with Gasteiger partial charge in [-0.05, 0) is 12.3 Å². The van der Waals surface area contributed by atoms with Crippen LogP contribution < -0.4 is 11.5 Å². The summed E-state index contributed by atoms with van der Waals surface area (Å²) in [5.74, 6) is -3.36. The van der Waals surface area contributed by atoms with E-state index in [4.69, 9.17) is 31.3 Å². The smallest absolute Gasteiger partial charge is 0.320 e. The summed E-state index contributed by atoms with van der Waals surface area (Å²) in [5.41, 5.74) is 9.79. The van der Waals surface area contributed by atoms with Gasteiger partial charge in [0.05, 0.1) is 32.6 Å². The van der Waals surface area contributed by atoms with Crippen LogP contribution in [0.5, 0.6) is 0 Å². The molecule has 0 aromatic heterocycles. The molecule has 0 bridgehead atoms. The molecule has 0 aromatic carbocycles. The lowest BCUT2D eigenvalue weighted by atomic mass is 10.1. The van der Waals surface area contributed by atoms with Crippen molar-refractivity contribution in [2.24, 2.45) is 17.4 Å². The van der Waals surface area contributed by atoms with Crippen LogP contribution in [0.25, 0.3) is 0 Å². The molecule has 0 spiro atoms. The quantitative estimate of drug-likeness (QED) is 0.202. The van der Waals surface area contributed by atoms with Crippen LogP contribution in [-0.2, 0) is 23.9 Å². The lowest BCUT2D eigenvalue weighted by Crippen LogP contribution is -2.31. The normalized spacial score (nSPS) is 10.8. The van der Waals surface area contributed by atoms with Gasteiger partial charge in [-0.25, -0.2) is 0 Å². The van der Waals surface area contributed by atoms with E-state index in [2.05, 4.69) is 10.5 Å². The number of hydrogen-bond donors (Lipinski definition) is 7. The minimum absolute atomic E-state index is 0.258. The van der Waals surface area contributed by atoms with Gasteiger partial charge >= 0.3 is 23.9 Å². The Hall–Kier alpha value is -2.28. The monoisotopic (exact) mass is 398 g/mol. The first kappa shape index (κ1) is 29.5. The molecule has 0 saturated carbocycles. The Bertz CT molecular complexity index is 438. The number of hydrogen-bond acceptors (Lipinski definition) is 9. The van der Waals surface area contributed by atoms with Crippen molar-refractivity contribution in [2.75, 3.05) is 19.8 Å². The number of carboxylic acids is 3. The first-order chi connectivity index (χ1) is 12.4. The second-order valence-corrected chi connectivity index (χ2v) is 5.54. The Labute approximate surface area is 156 Å². The number of aliphatic hydroxyl groups excluding tert-OH is 2. The minimum Gasteiger partial charge on any atom is -0.481 e. The van der Waals surface area contributed by atoms with Gasteiger partial charge in [0.15, 0.2) is 0 Å². The molecule has 0 aliphatic heterocycles. The Morgan fingerprint density at radius 2 is 1.37 bits per heavy atom. The van der Waals surface area contributed by atoms with E-state index >= 15 is 0 Å². The van der Waals surface area contributed by atoms with Crippen molar-refractivity contribution >= 4 is 23.9 Å². The van der Waals surface area contributed by atoms with E-state index in [0.717, 1.165) is 0 Å². The summed E-state index contributed by atoms with van der Waals surface area (Å²) in [6.45, 7) is 2.66. The molecule has 1 atom stereocenters. The highest BCUT2D eigenvalue weighted by molar-refractivity contribution is 5.76. The molecule has 12 heteroatoms. The molecule has 0 amide bonds. The molecule has 0 heterocycles. The van der Waals surface area contributed by atoms with E-state index in [9.17, 15) is 19.2 Å². The molecule has 0 saturated heterocycles. The summed E-state index contributed by atoms with van der Waals surface area (Å²) >= 11 is 0. The maximum Gasteiger partial charge on any atom is 0.320 e. The van der Waals surface area contributed by atoms with E-state index in [-0.39, 0.29) is 19.4 Å². The highest BCUT2D eigenvalue weighted by Gasteiger charge is 2.13. The molecule has 0 aliphatic carbocycles. The highest BCUT2D eigenvalue weighted by atomic mass is 16.6. The first-order valence-electron chi connectivity index (χ1n) is 7.94. The summed E-state index contributed by atoms with van der Waals surface area (Å²) in [4.78, 5) is 40.1. The lowest BCUT2D eigenvalue weighted by Gasteiger charge is -2.11. The predicted molar refractivity (Wildman–Crippen MR) is 92.7 cm³/mol. The van der Waals surface area contributed by atoms with E-state index in [1.807, 2.05) is 13.8 Å². The second kappa shape index (κ2) is 18.5. The number of carboxylic acid groups (broad SMARTS) is 3. The van der Waals surface area contributed by atoms with Crippen LogP contribution >= 0.6 is 0 Å². The standard InChI is InChI=1S/C7H12O6.C6H13NO2.C2H5NO2/c8-3-5(4-9)13-7(12)2-1-6(10)11;1-4(2)3-5(7)6(8)9;3-1-2(4)5/h5,8-9H,1-4H2,(H,10,11);4-5H,3,7H2,1-2H3,(H,8,9);1,3H2,(H,4,5). The van der Waals surface area contributed by atoms with Gasteiger partial charge in [0.25, 0.3) is 0 Å². The van der Waals surface area contributed by atoms with Gasteiger partial charge in [-0.3, -0.25) is 19.2 Å². The van der Waals surface area contributed by atoms with Crippen molar-refractivity contribution in [2.45, 2.75) is 45.3 Å². The molecule has 0 aromatic rings. The fourth-order valence-electron chi connectivity index (χ4n) is 1.19. The molecule has 160 valence electrons. The Kier molecular flexibility index (Phi) is 20.2. The van der Waals surface area contributed by atoms with E-state index < -0.39 is 49.2 Å². The molecule has 0 rings (SSSR count). The van der Waals surface area contributed by atoms with Gasteiger partial charge in [0.1, 0.15) is 12.1 Å². The van der Waals surface area contributed by atoms with Gasteiger partial charge in [-0.15, -0.1) is 0 Å². The molecule has 0 radical (unpaired) electrons. The number of carbonyl (C=O) groups excluding carboxylic acids is 1. The summed E-state index contributed by atoms with van der Waals surface area (Å²) in [5, 5.41) is 41.1. The third-order valence-electron chi connectivity index (χ3n) is 2.47. The summed E-state index contributed by atoms with van der Waals surface area (Å²) in [6, 6.07) is -0.690. The minimum atomic E-state index is -1.10. The largest absolute Gasteiger partial charge is 0.481 e. The van der Waals surface area contributed by atoms with Gasteiger partial charge in [-0.1, -0.05) is 13.8 Å². The van der Waals surface area contributed by atoms with Crippen LogP contribution in [0.3, 0.4) is 0 Å². The van der Waals surface area contributed by atoms with Crippen LogP contribution in [0.15, 0.2) is 0 Å². The third-order valence-corrected chi connectivity index (χ3v) is 2.47. The zero-order valence-corrected chi connectivity index (χ0v) is 15.4. The number of esters is 1. The zero-order valence-electron chi connectivity index (χ0n) is 15.4. The number of aliphatic hydroxyl groups is 2. The molecular formula is C15H30N2O10. The maximum atomic E-state index is 10.8. The molecule has 0 fully saturated rings. The third kappa shape index (κ3) is 26.1. The van der Waals surface area contributed by atoms with Crippen LogP contribution in [-0.4, -0.2) is 81.3 Å². The number of rotatable bonds is 10. The fraction of sp³-hybridized carbons (Fsp3) is 0.733. The SMILES string of the molecule is CC(C)CC(N)C(=O)O.NCC(=O)O.O=C(O)CCC(=O)OC(CO)CO. The first-order valence-corrected chi connectivity index (χ1v) is 7.94. The second-order valence-electron chi connectivity index (χ2n) is 5.54. The Balaban J connectivity index is -0.000000356. The number of ether oxygens (including phenoxy) is 1. The molecule has 12 nitrogen and oxygen atoms in total. The topological polar surface area (TPSA) is 231 Å². The lowest BCUT2D eigenvalue weighted by molar-refractivity contribution is -0.155. The van der Waals surface area contributed by atoms with Crippen LogP contribution in [0.2, 0.25) is 0 Å². The van der Waals surface area contributed by atoms with Gasteiger partial charge in [0, 0.05) is 0 Å². The molecule has 9 N–H and O–H groups in total. The van der Waals surface area contributed by atoms with Crippen molar-refractivity contribution in [3.8, 4) is 0 Å². The van der Waals surface area contributed by atoms with Crippen LogP contribution in [0.1, 0.15) is 33.1 Å². The van der Waals surface area contributed by atoms with Crippen LogP contribution in [0, 0.1) is 5.92 Å². The highest BCUT2D eigenvalue weighted by Crippen LogP contribution is 2.01. The average molecular weight is 398 g/mol. The maximum absolute atomic E-state index is 10.8. The predicted octanol–water partition coefficient (Wildman–Crippen LogP) is -1.78. The van der Waals surface area contributed by atoms with E-state index in [0.29, 0.717) is 12.3 Å². The molecular weight excluding hydrogens is 368 g/mol. The average Bonchev–Trinajstić information content (AvgIpc) is 2.58. The number of nitrogens with two attached hydrogens (primary N) is 2. The number of aliphatic carboxylic acids is 3. The number of carbonyl (C=O) groups is 4. The zero-order chi connectivity index (χ0) is 22.0. The van der Waals surface area contributed by atoms with Crippen molar-refractivity contribution < 1.29 is 49.4 Å². The van der Waals surface area contributed by atoms with Crippen molar-refractivity contribution in [1.82, 2.24) is 0 Å². The van der Waals surface area contributed by atoms with Crippen molar-refractivity contribution in [3.63, 3.8) is 0 Å². The molecule has 0 aliphatic rings. The fourth-order valence-corrected chi connectivity index (χ4v) is 1.19. The van der Waals surface area contributed by atoms with E-state index in [1.54, 1.807) is 0 Å². The summed E-state index contributed by atoms with van der Waals surface area (Å²) < 4.78 is 4.50. The van der Waals surface area contributed by atoms with Crippen molar-refractivity contribution in [1.29, 1.82) is 0 Å². The van der Waals surface area contributed by atoms with E-state index in [1.165, 1.54) is 0 Å². The van der Waals surface area contributed by atoms with Crippen LogP contribution in [0.4, 0.5) is 0 Å². The Morgan fingerprint density at radius 3 is 1.59 bits per heavy atom. The Morgan fingerprint density at radius 1 is 0.926 bits per heavy atom. The van der Waals surface area contributed by atoms with Gasteiger partial charge < -0.3 is 41.7 Å².